The molecule has 0 aliphatic carbocycles. The van der Waals surface area contributed by atoms with Gasteiger partial charge in [0.2, 0.25) is 11.7 Å². The fourth-order valence-corrected chi connectivity index (χ4v) is 3.96. The molecular weight excluding hydrogens is 358 g/mol. The Balaban J connectivity index is 1.56. The monoisotopic (exact) mass is 373 g/mol. The van der Waals surface area contributed by atoms with Crippen molar-refractivity contribution in [1.29, 1.82) is 0 Å². The van der Waals surface area contributed by atoms with E-state index in [0.717, 1.165) is 16.6 Å². The first kappa shape index (κ1) is 16.1. The highest BCUT2D eigenvalue weighted by Gasteiger charge is 2.22. The van der Waals surface area contributed by atoms with E-state index < -0.39 is 0 Å². The number of nitrogens with zero attached hydrogens (tertiary/aromatic N) is 5. The molecule has 0 aromatic carbocycles. The van der Waals surface area contributed by atoms with Crippen LogP contribution in [0, 0.1) is 0 Å². The fraction of sp³-hybridized carbons (Fsp3) is 0.250. The Morgan fingerprint density at radius 1 is 1.28 bits per heavy atom. The number of aromatic nitrogens is 5. The lowest BCUT2D eigenvalue weighted by Gasteiger charge is -2.08. The highest BCUT2D eigenvalue weighted by Crippen LogP contribution is 2.35. The van der Waals surface area contributed by atoms with Gasteiger partial charge in [-0.3, -0.25) is 4.57 Å². The van der Waals surface area contributed by atoms with Gasteiger partial charge >= 0.3 is 0 Å². The van der Waals surface area contributed by atoms with E-state index in [0.29, 0.717) is 23.3 Å². The van der Waals surface area contributed by atoms with Crippen molar-refractivity contribution >= 4 is 23.1 Å². The molecule has 0 aliphatic heterocycles. The molecule has 0 saturated heterocycles. The van der Waals surface area contributed by atoms with Crippen LogP contribution in [0.4, 0.5) is 0 Å². The summed E-state index contributed by atoms with van der Waals surface area (Å²) in [5, 5.41) is 15.3. The summed E-state index contributed by atoms with van der Waals surface area (Å²) in [5.74, 6) is 2.60. The second kappa shape index (κ2) is 6.85. The maximum atomic E-state index is 5.44. The van der Waals surface area contributed by atoms with Gasteiger partial charge in [-0.25, -0.2) is 0 Å². The largest absolute Gasteiger partial charge is 0.461 e. The molecule has 9 heteroatoms. The summed E-state index contributed by atoms with van der Waals surface area (Å²) in [6.45, 7) is 4.80. The molecule has 1 unspecified atom stereocenters. The average molecular weight is 373 g/mol. The van der Waals surface area contributed by atoms with E-state index >= 15 is 0 Å². The molecule has 0 bridgehead atoms. The first-order valence-corrected chi connectivity index (χ1v) is 9.53. The van der Waals surface area contributed by atoms with Gasteiger partial charge in [0.15, 0.2) is 16.7 Å². The van der Waals surface area contributed by atoms with Crippen LogP contribution < -0.4 is 0 Å². The minimum Gasteiger partial charge on any atom is -0.461 e. The van der Waals surface area contributed by atoms with Gasteiger partial charge in [-0.2, -0.15) is 4.98 Å². The van der Waals surface area contributed by atoms with Gasteiger partial charge < -0.3 is 8.94 Å². The van der Waals surface area contributed by atoms with Crippen molar-refractivity contribution in [3.05, 3.63) is 41.8 Å². The lowest BCUT2D eigenvalue weighted by atomic mass is 10.4. The van der Waals surface area contributed by atoms with E-state index in [1.54, 1.807) is 17.6 Å². The van der Waals surface area contributed by atoms with Crippen LogP contribution in [0.1, 0.15) is 25.0 Å². The predicted octanol–water partition coefficient (Wildman–Crippen LogP) is 4.52. The lowest BCUT2D eigenvalue weighted by molar-refractivity contribution is 0.380. The smallest absolute Gasteiger partial charge is 0.240 e. The Bertz CT molecular complexity index is 943. The first-order valence-electron chi connectivity index (χ1n) is 7.77. The maximum Gasteiger partial charge on any atom is 0.240 e. The van der Waals surface area contributed by atoms with Crippen molar-refractivity contribution < 1.29 is 8.94 Å². The van der Waals surface area contributed by atoms with Crippen molar-refractivity contribution in [3.8, 4) is 22.3 Å². The van der Waals surface area contributed by atoms with E-state index in [2.05, 4.69) is 20.3 Å². The van der Waals surface area contributed by atoms with Gasteiger partial charge in [-0.1, -0.05) is 23.0 Å². The van der Waals surface area contributed by atoms with E-state index in [4.69, 9.17) is 8.94 Å². The fourth-order valence-electron chi connectivity index (χ4n) is 2.36. The van der Waals surface area contributed by atoms with Crippen LogP contribution in [-0.2, 0) is 6.54 Å². The zero-order valence-electron chi connectivity index (χ0n) is 13.6. The van der Waals surface area contributed by atoms with Crippen LogP contribution in [0.2, 0.25) is 0 Å². The van der Waals surface area contributed by atoms with Gasteiger partial charge in [0.05, 0.1) is 16.4 Å². The molecule has 7 nitrogen and oxygen atoms in total. The van der Waals surface area contributed by atoms with Crippen LogP contribution in [-0.4, -0.2) is 24.9 Å². The quantitative estimate of drug-likeness (QED) is 0.459. The van der Waals surface area contributed by atoms with Crippen LogP contribution in [0.5, 0.6) is 0 Å². The zero-order chi connectivity index (χ0) is 17.2. The summed E-state index contributed by atoms with van der Waals surface area (Å²) in [6.07, 6.45) is 1.63. The van der Waals surface area contributed by atoms with Gasteiger partial charge in [-0.15, -0.1) is 21.5 Å². The molecule has 0 fully saturated rings. The molecule has 0 radical (unpaired) electrons. The Morgan fingerprint density at radius 2 is 2.20 bits per heavy atom. The zero-order valence-corrected chi connectivity index (χ0v) is 15.3. The van der Waals surface area contributed by atoms with Crippen molar-refractivity contribution in [1.82, 2.24) is 24.9 Å². The third kappa shape index (κ3) is 3.12. The molecule has 0 spiro atoms. The summed E-state index contributed by atoms with van der Waals surface area (Å²) in [6, 6.07) is 7.65. The predicted molar refractivity (Wildman–Crippen MR) is 95.3 cm³/mol. The van der Waals surface area contributed by atoms with Gasteiger partial charge in [0.1, 0.15) is 0 Å². The Hall–Kier alpha value is -2.39. The average Bonchev–Trinajstić information content (AvgIpc) is 3.40. The molecule has 0 amide bonds. The van der Waals surface area contributed by atoms with E-state index in [1.807, 2.05) is 48.1 Å². The SMILES string of the molecule is CCn1c(SC(C)c2nc(-c3cccs3)no2)nnc1-c1ccco1. The van der Waals surface area contributed by atoms with E-state index in [-0.39, 0.29) is 5.25 Å². The molecule has 0 N–H and O–H groups in total. The minimum absolute atomic E-state index is 0.0415. The molecule has 25 heavy (non-hydrogen) atoms. The third-order valence-corrected chi connectivity index (χ3v) is 5.52. The minimum atomic E-state index is -0.0415. The van der Waals surface area contributed by atoms with Crippen LogP contribution in [0.15, 0.2) is 50.0 Å². The number of hydrogen-bond acceptors (Lipinski definition) is 8. The van der Waals surface area contributed by atoms with Crippen molar-refractivity contribution in [2.75, 3.05) is 0 Å². The molecule has 0 saturated carbocycles. The second-order valence-corrected chi connectivity index (χ2v) is 7.48. The highest BCUT2D eigenvalue weighted by molar-refractivity contribution is 7.99. The van der Waals surface area contributed by atoms with Crippen LogP contribution in [0.3, 0.4) is 0 Å². The number of thioether (sulfide) groups is 1. The standard InChI is InChI=1S/C16H15N5O2S2/c1-3-21-14(11-6-4-8-22-11)18-19-16(21)25-10(2)15-17-13(20-23-15)12-7-5-9-24-12/h4-10H,3H2,1-2H3. The highest BCUT2D eigenvalue weighted by atomic mass is 32.2. The molecule has 4 rings (SSSR count). The summed E-state index contributed by atoms with van der Waals surface area (Å²) in [7, 11) is 0. The Labute approximate surface area is 152 Å². The first-order chi connectivity index (χ1) is 12.3. The molecule has 4 heterocycles. The molecule has 128 valence electrons. The molecule has 4 aromatic rings. The van der Waals surface area contributed by atoms with Crippen molar-refractivity contribution in [3.63, 3.8) is 0 Å². The van der Waals surface area contributed by atoms with E-state index in [1.165, 1.54) is 11.8 Å². The number of hydrogen-bond donors (Lipinski definition) is 0. The number of rotatable bonds is 6. The van der Waals surface area contributed by atoms with Crippen molar-refractivity contribution in [2.24, 2.45) is 0 Å². The van der Waals surface area contributed by atoms with Crippen LogP contribution >= 0.6 is 23.1 Å². The molecule has 1 atom stereocenters. The topological polar surface area (TPSA) is 82.8 Å². The van der Waals surface area contributed by atoms with E-state index in [9.17, 15) is 0 Å². The molecule has 4 aromatic heterocycles. The van der Waals surface area contributed by atoms with Gasteiger partial charge in [0, 0.05) is 6.54 Å². The van der Waals surface area contributed by atoms with Crippen LogP contribution in [0.25, 0.3) is 22.3 Å². The summed E-state index contributed by atoms with van der Waals surface area (Å²) in [4.78, 5) is 5.49. The number of furan rings is 1. The molecular formula is C16H15N5O2S2. The molecule has 0 aliphatic rings. The Kier molecular flexibility index (Phi) is 4.41. The van der Waals surface area contributed by atoms with Gasteiger partial charge in [0.25, 0.3) is 0 Å². The van der Waals surface area contributed by atoms with Gasteiger partial charge in [-0.05, 0) is 37.4 Å². The summed E-state index contributed by atoms with van der Waals surface area (Å²) < 4.78 is 12.9. The summed E-state index contributed by atoms with van der Waals surface area (Å²) >= 11 is 3.12. The Morgan fingerprint density at radius 3 is 2.92 bits per heavy atom. The van der Waals surface area contributed by atoms with Crippen molar-refractivity contribution in [2.45, 2.75) is 30.8 Å². The second-order valence-electron chi connectivity index (χ2n) is 5.22. The normalized spacial score (nSPS) is 12.6. The third-order valence-electron chi connectivity index (χ3n) is 3.59. The summed E-state index contributed by atoms with van der Waals surface area (Å²) in [5.41, 5.74) is 0. The maximum absolute atomic E-state index is 5.44. The lowest BCUT2D eigenvalue weighted by Crippen LogP contribution is -2.00. The number of thiophene rings is 1.